The van der Waals surface area contributed by atoms with Crippen molar-refractivity contribution in [1.82, 2.24) is 19.7 Å². The fraction of sp³-hybridized carbons (Fsp3) is 0.545. The van der Waals surface area contributed by atoms with E-state index in [1.807, 2.05) is 35.2 Å². The zero-order valence-corrected chi connectivity index (χ0v) is 16.7. The van der Waals surface area contributed by atoms with Gasteiger partial charge in [0.15, 0.2) is 5.82 Å². The van der Waals surface area contributed by atoms with Crippen molar-refractivity contribution >= 4 is 17.5 Å². The van der Waals surface area contributed by atoms with Crippen molar-refractivity contribution in [2.45, 2.75) is 57.5 Å². The Kier molecular flexibility index (Phi) is 4.81. The molecule has 3 aliphatic rings. The molecule has 4 heterocycles. The monoisotopic (exact) mass is 393 g/mol. The Hall–Kier alpha value is -2.70. The molecule has 7 heteroatoms. The molecule has 2 atom stereocenters. The van der Waals surface area contributed by atoms with Crippen LogP contribution in [-0.2, 0) is 22.6 Å². The minimum atomic E-state index is -0.283. The first kappa shape index (κ1) is 18.3. The average Bonchev–Trinajstić information content (AvgIpc) is 3.43. The van der Waals surface area contributed by atoms with Crippen molar-refractivity contribution in [2.24, 2.45) is 5.92 Å². The largest absolute Gasteiger partial charge is 0.332 e. The van der Waals surface area contributed by atoms with Gasteiger partial charge in [-0.25, -0.2) is 0 Å². The Bertz CT molecular complexity index is 909. The van der Waals surface area contributed by atoms with Gasteiger partial charge in [0.1, 0.15) is 5.82 Å². The quantitative estimate of drug-likeness (QED) is 0.804. The number of nitrogens with zero attached hydrogens (tertiary/aromatic N) is 5. The summed E-state index contributed by atoms with van der Waals surface area (Å²) in [7, 11) is 0. The van der Waals surface area contributed by atoms with Crippen molar-refractivity contribution in [3.05, 3.63) is 42.0 Å². The third kappa shape index (κ3) is 3.32. The lowest BCUT2D eigenvalue weighted by Crippen LogP contribution is -2.38. The Labute approximate surface area is 170 Å². The van der Waals surface area contributed by atoms with E-state index < -0.39 is 0 Å². The zero-order chi connectivity index (χ0) is 19.8. The van der Waals surface area contributed by atoms with Gasteiger partial charge in [-0.2, -0.15) is 0 Å². The molecule has 2 fully saturated rings. The number of carbonyl (C=O) groups excluding carboxylic acids is 2. The highest BCUT2D eigenvalue weighted by atomic mass is 16.2. The minimum Gasteiger partial charge on any atom is -0.332 e. The van der Waals surface area contributed by atoms with E-state index in [9.17, 15) is 9.59 Å². The van der Waals surface area contributed by atoms with Crippen LogP contribution in [0.5, 0.6) is 0 Å². The van der Waals surface area contributed by atoms with Crippen LogP contribution in [0.4, 0.5) is 5.69 Å². The third-order valence-corrected chi connectivity index (χ3v) is 6.51. The summed E-state index contributed by atoms with van der Waals surface area (Å²) >= 11 is 0. The lowest BCUT2D eigenvalue weighted by molar-refractivity contribution is -0.136. The van der Waals surface area contributed by atoms with Gasteiger partial charge in [-0.15, -0.1) is 10.2 Å². The minimum absolute atomic E-state index is 0.0114. The molecule has 0 spiro atoms. The molecule has 2 saturated heterocycles. The van der Waals surface area contributed by atoms with Gasteiger partial charge >= 0.3 is 0 Å². The van der Waals surface area contributed by atoms with E-state index >= 15 is 0 Å². The Morgan fingerprint density at radius 3 is 2.72 bits per heavy atom. The molecule has 0 N–H and O–H groups in total. The molecule has 0 saturated carbocycles. The second-order valence-corrected chi connectivity index (χ2v) is 8.37. The number of fused-ring (bicyclic) bond motifs is 1. The van der Waals surface area contributed by atoms with Gasteiger partial charge < -0.3 is 14.4 Å². The topological polar surface area (TPSA) is 71.3 Å². The van der Waals surface area contributed by atoms with Crippen LogP contribution in [0.1, 0.15) is 56.2 Å². The standard InChI is InChI=1S/C22H27N5O2/c28-20-14-16(15-27(20)17-8-3-1-4-9-17)22(29)25-13-7-10-18(25)21-24-23-19-11-5-2-6-12-26(19)21/h1,3-4,8-9,16,18H,2,5-7,10-15H2. The maximum atomic E-state index is 13.4. The number of hydrogen-bond donors (Lipinski definition) is 0. The summed E-state index contributed by atoms with van der Waals surface area (Å²) in [6.07, 6.45) is 6.67. The predicted molar refractivity (Wildman–Crippen MR) is 108 cm³/mol. The SMILES string of the molecule is O=C1CC(C(=O)N2CCCC2c2nnc3n2CCCCC3)CN1c1ccccc1. The van der Waals surface area contributed by atoms with Gasteiger partial charge in [-0.1, -0.05) is 24.6 Å². The number of aromatic nitrogens is 3. The number of amides is 2. The van der Waals surface area contributed by atoms with Crippen LogP contribution >= 0.6 is 0 Å². The Balaban J connectivity index is 1.35. The second kappa shape index (κ2) is 7.61. The molecule has 2 amide bonds. The first-order valence-corrected chi connectivity index (χ1v) is 10.8. The van der Waals surface area contributed by atoms with Crippen LogP contribution in [0.25, 0.3) is 0 Å². The summed E-state index contributed by atoms with van der Waals surface area (Å²) in [4.78, 5) is 29.7. The van der Waals surface area contributed by atoms with Crippen molar-refractivity contribution in [2.75, 3.05) is 18.0 Å². The maximum absolute atomic E-state index is 13.4. The number of para-hydroxylation sites is 1. The number of hydrogen-bond acceptors (Lipinski definition) is 4. The number of rotatable bonds is 3. The van der Waals surface area contributed by atoms with E-state index in [4.69, 9.17) is 0 Å². The summed E-state index contributed by atoms with van der Waals surface area (Å²) in [5.41, 5.74) is 0.869. The van der Waals surface area contributed by atoms with Crippen LogP contribution in [0, 0.1) is 5.92 Å². The third-order valence-electron chi connectivity index (χ3n) is 6.51. The van der Waals surface area contributed by atoms with Gasteiger partial charge in [-0.3, -0.25) is 9.59 Å². The number of benzene rings is 1. The van der Waals surface area contributed by atoms with Crippen molar-refractivity contribution < 1.29 is 9.59 Å². The van der Waals surface area contributed by atoms with Crippen LogP contribution in [0.2, 0.25) is 0 Å². The molecule has 2 unspecified atom stereocenters. The van der Waals surface area contributed by atoms with Gasteiger partial charge in [0, 0.05) is 38.2 Å². The number of aryl methyl sites for hydroxylation is 1. The lowest BCUT2D eigenvalue weighted by atomic mass is 10.1. The number of likely N-dealkylation sites (tertiary alicyclic amines) is 1. The maximum Gasteiger partial charge on any atom is 0.228 e. The summed E-state index contributed by atoms with van der Waals surface area (Å²) in [5, 5.41) is 8.93. The highest BCUT2D eigenvalue weighted by Gasteiger charge is 2.42. The fourth-order valence-electron chi connectivity index (χ4n) is 5.02. The molecule has 0 aliphatic carbocycles. The molecule has 7 nitrogen and oxygen atoms in total. The van der Waals surface area contributed by atoms with Gasteiger partial charge in [0.2, 0.25) is 11.8 Å². The molecule has 0 radical (unpaired) electrons. The van der Waals surface area contributed by atoms with Crippen molar-refractivity contribution in [3.8, 4) is 0 Å². The normalized spacial score (nSPS) is 24.6. The molecular formula is C22H27N5O2. The highest BCUT2D eigenvalue weighted by molar-refractivity contribution is 6.00. The molecule has 1 aromatic heterocycles. The fourth-order valence-corrected chi connectivity index (χ4v) is 5.02. The average molecular weight is 393 g/mol. The predicted octanol–water partition coefficient (Wildman–Crippen LogP) is 2.72. The second-order valence-electron chi connectivity index (χ2n) is 8.37. The van der Waals surface area contributed by atoms with E-state index in [1.54, 1.807) is 4.90 Å². The molecule has 2 aromatic rings. The van der Waals surface area contributed by atoms with E-state index in [2.05, 4.69) is 14.8 Å². The smallest absolute Gasteiger partial charge is 0.228 e. The zero-order valence-electron chi connectivity index (χ0n) is 16.7. The summed E-state index contributed by atoms with van der Waals surface area (Å²) in [5.74, 6) is 1.84. The molecular weight excluding hydrogens is 366 g/mol. The number of anilines is 1. The molecule has 5 rings (SSSR count). The summed E-state index contributed by atoms with van der Waals surface area (Å²) < 4.78 is 2.25. The van der Waals surface area contributed by atoms with Gasteiger partial charge in [0.05, 0.1) is 12.0 Å². The summed E-state index contributed by atoms with van der Waals surface area (Å²) in [6, 6.07) is 9.62. The van der Waals surface area contributed by atoms with E-state index in [-0.39, 0.29) is 30.2 Å². The van der Waals surface area contributed by atoms with E-state index in [0.29, 0.717) is 6.54 Å². The van der Waals surface area contributed by atoms with E-state index in [1.165, 1.54) is 6.42 Å². The summed E-state index contributed by atoms with van der Waals surface area (Å²) in [6.45, 7) is 2.14. The first-order valence-electron chi connectivity index (χ1n) is 10.8. The van der Waals surface area contributed by atoms with E-state index in [0.717, 1.165) is 62.5 Å². The molecule has 3 aliphatic heterocycles. The highest BCUT2D eigenvalue weighted by Crippen LogP contribution is 2.35. The van der Waals surface area contributed by atoms with Crippen LogP contribution in [-0.4, -0.2) is 44.6 Å². The lowest BCUT2D eigenvalue weighted by Gasteiger charge is -2.27. The number of carbonyl (C=O) groups is 2. The molecule has 0 bridgehead atoms. The van der Waals surface area contributed by atoms with Crippen LogP contribution in [0.15, 0.2) is 30.3 Å². The molecule has 29 heavy (non-hydrogen) atoms. The van der Waals surface area contributed by atoms with Crippen molar-refractivity contribution in [3.63, 3.8) is 0 Å². The first-order chi connectivity index (χ1) is 14.2. The Morgan fingerprint density at radius 2 is 1.86 bits per heavy atom. The molecule has 152 valence electrons. The Morgan fingerprint density at radius 1 is 1.00 bits per heavy atom. The van der Waals surface area contributed by atoms with Crippen LogP contribution in [0.3, 0.4) is 0 Å². The van der Waals surface area contributed by atoms with Crippen molar-refractivity contribution in [1.29, 1.82) is 0 Å². The van der Waals surface area contributed by atoms with Gasteiger partial charge in [-0.05, 0) is 37.8 Å². The van der Waals surface area contributed by atoms with Gasteiger partial charge in [0.25, 0.3) is 0 Å². The van der Waals surface area contributed by atoms with Crippen LogP contribution < -0.4 is 4.90 Å². The molecule has 1 aromatic carbocycles.